The van der Waals surface area contributed by atoms with E-state index < -0.39 is 88.0 Å². The summed E-state index contributed by atoms with van der Waals surface area (Å²) < 4.78 is 28.2. The monoisotopic (exact) mass is 652 g/mol. The van der Waals surface area contributed by atoms with E-state index in [-0.39, 0.29) is 19.6 Å². The molecule has 0 aromatic heterocycles. The minimum Gasteiger partial charge on any atom is -0.481 e. The summed E-state index contributed by atoms with van der Waals surface area (Å²) in [6, 6.07) is 3.57. The molecule has 0 bridgehead atoms. The topological polar surface area (TPSA) is 226 Å². The number of carbonyl (C=O) groups is 6. The van der Waals surface area contributed by atoms with Gasteiger partial charge in [0.05, 0.1) is 18.9 Å². The minimum absolute atomic E-state index is 0.130. The van der Waals surface area contributed by atoms with Crippen LogP contribution in [0.4, 0.5) is 4.79 Å². The van der Waals surface area contributed by atoms with Crippen molar-refractivity contribution in [3.63, 3.8) is 0 Å². The number of nitrogens with zero attached hydrogens (tertiary/aromatic N) is 1. The predicted molar refractivity (Wildman–Crippen MR) is 160 cm³/mol. The first-order valence-electron chi connectivity index (χ1n) is 14.1. The van der Waals surface area contributed by atoms with Gasteiger partial charge in [-0.25, -0.2) is 13.2 Å². The number of nitrogens with one attached hydrogen (secondary N) is 3. The Kier molecular flexibility index (Phi) is 13.1. The van der Waals surface area contributed by atoms with Crippen LogP contribution in [0, 0.1) is 5.41 Å². The number of hydrogen-bond donors (Lipinski definition) is 5. The normalized spacial score (nSPS) is 17.2. The number of ether oxygens (including phenoxy) is 1. The second-order valence-corrected chi connectivity index (χ2v) is 13.7. The highest BCUT2D eigenvalue weighted by molar-refractivity contribution is 7.93. The van der Waals surface area contributed by atoms with Crippen molar-refractivity contribution >= 4 is 45.6 Å². The van der Waals surface area contributed by atoms with Crippen LogP contribution in [-0.2, 0) is 45.2 Å². The molecule has 4 atom stereocenters. The quantitative estimate of drug-likeness (QED) is 0.189. The summed E-state index contributed by atoms with van der Waals surface area (Å²) >= 11 is 0. The van der Waals surface area contributed by atoms with Crippen molar-refractivity contribution in [2.24, 2.45) is 5.41 Å². The van der Waals surface area contributed by atoms with Gasteiger partial charge in [0.2, 0.25) is 17.7 Å². The molecule has 4 amide bonds. The second kappa shape index (κ2) is 16.0. The number of carbonyl (C=O) groups excluding carboxylic acids is 4. The van der Waals surface area contributed by atoms with E-state index in [1.54, 1.807) is 51.1 Å². The van der Waals surface area contributed by atoms with Crippen molar-refractivity contribution in [3.8, 4) is 0 Å². The lowest BCUT2D eigenvalue weighted by Gasteiger charge is -2.36. The van der Waals surface area contributed by atoms with Gasteiger partial charge in [-0.2, -0.15) is 0 Å². The molecule has 0 radical (unpaired) electrons. The maximum atomic E-state index is 13.8. The van der Waals surface area contributed by atoms with E-state index in [0.717, 1.165) is 17.7 Å². The third kappa shape index (κ3) is 12.6. The fourth-order valence-electron chi connectivity index (χ4n) is 4.52. The number of aliphatic carboxylic acids is 2. The van der Waals surface area contributed by atoms with Crippen LogP contribution >= 0.6 is 0 Å². The zero-order chi connectivity index (χ0) is 33.9. The molecule has 16 heteroatoms. The van der Waals surface area contributed by atoms with Crippen LogP contribution < -0.4 is 16.0 Å². The van der Waals surface area contributed by atoms with Gasteiger partial charge >= 0.3 is 18.0 Å². The lowest BCUT2D eigenvalue weighted by Crippen LogP contribution is -2.60. The summed E-state index contributed by atoms with van der Waals surface area (Å²) in [5.74, 6) is -5.02. The first-order valence-corrected chi connectivity index (χ1v) is 16.0. The SMILES string of the molecule is CC(C)(C)[C@@H](NC(=O)[C@H](CC(=O)O)NC(=O)OCc1ccccc1)C(=O)N1CCC[C@H]1C(=O)N[C@H](/C=C/S(C)(=O)=O)CC(=O)O. The van der Waals surface area contributed by atoms with Crippen molar-refractivity contribution in [2.45, 2.75) is 77.2 Å². The van der Waals surface area contributed by atoms with E-state index in [2.05, 4.69) is 16.0 Å². The Labute approximate surface area is 261 Å². The molecule has 1 aliphatic rings. The summed E-state index contributed by atoms with van der Waals surface area (Å²) in [5, 5.41) is 26.6. The Bertz CT molecular complexity index is 1390. The van der Waals surface area contributed by atoms with Gasteiger partial charge in [-0.3, -0.25) is 24.0 Å². The molecular weight excluding hydrogens is 612 g/mol. The number of carboxylic acids is 2. The van der Waals surface area contributed by atoms with Crippen LogP contribution in [0.2, 0.25) is 0 Å². The molecule has 1 aromatic carbocycles. The molecule has 1 fully saturated rings. The highest BCUT2D eigenvalue weighted by Crippen LogP contribution is 2.26. The number of hydrogen-bond acceptors (Lipinski definition) is 9. The van der Waals surface area contributed by atoms with Crippen molar-refractivity contribution in [3.05, 3.63) is 47.4 Å². The predicted octanol–water partition coefficient (Wildman–Crippen LogP) is 0.796. The number of amides is 4. The van der Waals surface area contributed by atoms with E-state index in [4.69, 9.17) is 4.74 Å². The largest absolute Gasteiger partial charge is 0.481 e. The Morgan fingerprint density at radius 1 is 1.00 bits per heavy atom. The van der Waals surface area contributed by atoms with Crippen LogP contribution in [-0.4, -0.2) is 96.3 Å². The van der Waals surface area contributed by atoms with Crippen LogP contribution in [0.25, 0.3) is 0 Å². The average Bonchev–Trinajstić information content (AvgIpc) is 3.42. The summed E-state index contributed by atoms with van der Waals surface area (Å²) in [6.07, 6.45) is 0.119. The van der Waals surface area contributed by atoms with E-state index >= 15 is 0 Å². The molecular formula is C29H40N4O11S. The minimum atomic E-state index is -3.61. The fourth-order valence-corrected chi connectivity index (χ4v) is 5.00. The van der Waals surface area contributed by atoms with Gasteiger partial charge in [-0.1, -0.05) is 57.2 Å². The molecule has 1 aromatic rings. The molecule has 248 valence electrons. The van der Waals surface area contributed by atoms with Crippen molar-refractivity contribution in [1.29, 1.82) is 0 Å². The Balaban J connectivity index is 2.20. The second-order valence-electron chi connectivity index (χ2n) is 11.7. The van der Waals surface area contributed by atoms with Gasteiger partial charge in [0.25, 0.3) is 0 Å². The number of likely N-dealkylation sites (tertiary alicyclic amines) is 1. The first-order chi connectivity index (χ1) is 20.9. The molecule has 0 aliphatic carbocycles. The van der Waals surface area contributed by atoms with Gasteiger partial charge < -0.3 is 35.8 Å². The lowest BCUT2D eigenvalue weighted by molar-refractivity contribution is -0.145. The van der Waals surface area contributed by atoms with Gasteiger partial charge in [0.1, 0.15) is 24.7 Å². The summed E-state index contributed by atoms with van der Waals surface area (Å²) in [5.41, 5.74) is -0.280. The number of benzene rings is 1. The lowest BCUT2D eigenvalue weighted by atomic mass is 9.85. The highest BCUT2D eigenvalue weighted by Gasteiger charge is 2.43. The molecule has 0 saturated carbocycles. The zero-order valence-corrected chi connectivity index (χ0v) is 26.3. The van der Waals surface area contributed by atoms with Crippen LogP contribution in [0.5, 0.6) is 0 Å². The average molecular weight is 653 g/mol. The first kappa shape index (κ1) is 36.7. The number of carboxylic acid groups (broad SMARTS) is 2. The maximum absolute atomic E-state index is 13.8. The zero-order valence-electron chi connectivity index (χ0n) is 25.5. The number of sulfone groups is 1. The van der Waals surface area contributed by atoms with E-state index in [9.17, 15) is 47.4 Å². The van der Waals surface area contributed by atoms with Crippen molar-refractivity contribution in [1.82, 2.24) is 20.9 Å². The van der Waals surface area contributed by atoms with E-state index in [1.807, 2.05) is 0 Å². The van der Waals surface area contributed by atoms with Gasteiger partial charge in [0, 0.05) is 18.2 Å². The number of alkyl carbamates (subject to hydrolysis) is 1. The third-order valence-corrected chi connectivity index (χ3v) is 7.37. The van der Waals surface area contributed by atoms with E-state index in [1.165, 1.54) is 4.90 Å². The van der Waals surface area contributed by atoms with Crippen LogP contribution in [0.15, 0.2) is 41.8 Å². The van der Waals surface area contributed by atoms with Crippen LogP contribution in [0.3, 0.4) is 0 Å². The Hall–Kier alpha value is -4.47. The Morgan fingerprint density at radius 2 is 1.62 bits per heavy atom. The van der Waals surface area contributed by atoms with Gasteiger partial charge in [0.15, 0.2) is 9.84 Å². The molecule has 2 rings (SSSR count). The maximum Gasteiger partial charge on any atom is 0.408 e. The van der Waals surface area contributed by atoms with Crippen molar-refractivity contribution < 1.29 is 52.1 Å². The van der Waals surface area contributed by atoms with Crippen molar-refractivity contribution in [2.75, 3.05) is 12.8 Å². The molecule has 15 nitrogen and oxygen atoms in total. The highest BCUT2D eigenvalue weighted by atomic mass is 32.2. The van der Waals surface area contributed by atoms with Gasteiger partial charge in [-0.05, 0) is 23.8 Å². The molecule has 0 unspecified atom stereocenters. The Morgan fingerprint density at radius 3 is 2.18 bits per heavy atom. The van der Waals surface area contributed by atoms with Gasteiger partial charge in [-0.15, -0.1) is 0 Å². The smallest absolute Gasteiger partial charge is 0.408 e. The molecule has 1 saturated heterocycles. The standard InChI is InChI=1S/C29H40N4O11S/c1-29(2,3)24(32-25(38)20(16-23(36)37)31-28(41)44-17-18-9-6-5-7-10-18)27(40)33-13-8-11-21(33)26(39)30-19(15-22(34)35)12-14-45(4,42)43/h5-7,9-10,12,14,19-21,24H,8,11,13,15-17H2,1-4H3,(H,30,39)(H,31,41)(H,32,38)(H,34,35)(H,36,37)/b14-12+/t19-,20+,21+,24+/m1/s1. The van der Waals surface area contributed by atoms with Crippen LogP contribution in [0.1, 0.15) is 52.0 Å². The third-order valence-electron chi connectivity index (χ3n) is 6.72. The molecule has 1 aliphatic heterocycles. The summed E-state index contributed by atoms with van der Waals surface area (Å²) in [7, 11) is -3.61. The number of rotatable bonds is 14. The van der Waals surface area contributed by atoms with E-state index in [0.29, 0.717) is 12.0 Å². The molecule has 0 spiro atoms. The summed E-state index contributed by atoms with van der Waals surface area (Å²) in [6.45, 7) is 4.94. The molecule has 45 heavy (non-hydrogen) atoms. The fraction of sp³-hybridized carbons (Fsp3) is 0.517. The molecule has 5 N–H and O–H groups in total. The summed E-state index contributed by atoms with van der Waals surface area (Å²) in [4.78, 5) is 76.7. The molecule has 1 heterocycles.